The molecule has 3 N–H and O–H groups in total. The van der Waals surface area contributed by atoms with Gasteiger partial charge in [-0.15, -0.1) is 0 Å². The maximum absolute atomic E-state index is 8.49. The number of hydrogen-bond donors (Lipinski definition) is 2. The minimum Gasteiger partial charge on any atom is -0.396 e. The molecule has 0 saturated heterocycles. The number of aliphatic hydroxyl groups is 1. The molecule has 0 amide bonds. The van der Waals surface area contributed by atoms with Gasteiger partial charge in [0, 0.05) is 13.2 Å². The SMILES string of the molecule is CC(CCO)OCCCN. The zero-order chi connectivity index (χ0) is 7.82. The zero-order valence-electron chi connectivity index (χ0n) is 6.55. The molecule has 0 spiro atoms. The number of aliphatic hydroxyl groups excluding tert-OH is 1. The van der Waals surface area contributed by atoms with E-state index in [9.17, 15) is 0 Å². The van der Waals surface area contributed by atoms with Gasteiger partial charge in [-0.1, -0.05) is 0 Å². The molecule has 62 valence electrons. The summed E-state index contributed by atoms with van der Waals surface area (Å²) in [5.74, 6) is 0. The first-order chi connectivity index (χ1) is 4.81. The molecule has 3 nitrogen and oxygen atoms in total. The van der Waals surface area contributed by atoms with Gasteiger partial charge in [-0.05, 0) is 26.3 Å². The monoisotopic (exact) mass is 147 g/mol. The largest absolute Gasteiger partial charge is 0.396 e. The third-order valence-corrected chi connectivity index (χ3v) is 1.29. The Hall–Kier alpha value is -0.120. The first-order valence-corrected chi connectivity index (χ1v) is 3.73. The molecule has 3 heteroatoms. The van der Waals surface area contributed by atoms with Crippen LogP contribution in [0.3, 0.4) is 0 Å². The molecule has 0 aromatic carbocycles. The molecular formula is C7H17NO2. The van der Waals surface area contributed by atoms with Crippen molar-refractivity contribution in [1.82, 2.24) is 0 Å². The molecule has 0 saturated carbocycles. The average molecular weight is 147 g/mol. The minimum atomic E-state index is 0.163. The first kappa shape index (κ1) is 9.88. The second kappa shape index (κ2) is 6.99. The van der Waals surface area contributed by atoms with E-state index >= 15 is 0 Å². The highest BCUT2D eigenvalue weighted by Gasteiger charge is 1.98. The summed E-state index contributed by atoms with van der Waals surface area (Å²) in [6.45, 7) is 3.53. The number of nitrogens with two attached hydrogens (primary N) is 1. The third-order valence-electron chi connectivity index (χ3n) is 1.29. The molecule has 0 fully saturated rings. The second-order valence-electron chi connectivity index (χ2n) is 2.34. The molecule has 0 aromatic heterocycles. The Kier molecular flexibility index (Phi) is 6.91. The molecule has 1 unspecified atom stereocenters. The summed E-state index contributed by atoms with van der Waals surface area (Å²) in [4.78, 5) is 0. The summed E-state index contributed by atoms with van der Waals surface area (Å²) in [7, 11) is 0. The molecule has 1 atom stereocenters. The summed E-state index contributed by atoms with van der Waals surface area (Å²) in [5, 5.41) is 8.49. The van der Waals surface area contributed by atoms with Gasteiger partial charge < -0.3 is 15.6 Å². The van der Waals surface area contributed by atoms with E-state index in [0.29, 0.717) is 19.6 Å². The van der Waals surface area contributed by atoms with Gasteiger partial charge in [0.2, 0.25) is 0 Å². The standard InChI is InChI=1S/C7H17NO2/c1-7(3-5-9)10-6-2-4-8/h7,9H,2-6,8H2,1H3. The highest BCUT2D eigenvalue weighted by atomic mass is 16.5. The van der Waals surface area contributed by atoms with Crippen LogP contribution in [0.25, 0.3) is 0 Å². The van der Waals surface area contributed by atoms with Gasteiger partial charge in [0.05, 0.1) is 6.10 Å². The molecule has 0 bridgehead atoms. The first-order valence-electron chi connectivity index (χ1n) is 3.73. The van der Waals surface area contributed by atoms with Crippen LogP contribution in [0.4, 0.5) is 0 Å². The van der Waals surface area contributed by atoms with Gasteiger partial charge in [0.25, 0.3) is 0 Å². The van der Waals surface area contributed by atoms with Crippen LogP contribution in [0.1, 0.15) is 19.8 Å². The van der Waals surface area contributed by atoms with E-state index in [4.69, 9.17) is 15.6 Å². The Labute approximate surface area is 62.2 Å². The smallest absolute Gasteiger partial charge is 0.0568 e. The summed E-state index contributed by atoms with van der Waals surface area (Å²) in [6.07, 6.45) is 1.77. The van der Waals surface area contributed by atoms with Gasteiger partial charge in [0.1, 0.15) is 0 Å². The Balaban J connectivity index is 2.97. The molecule has 0 aliphatic carbocycles. The van der Waals surface area contributed by atoms with Crippen LogP contribution in [0.5, 0.6) is 0 Å². The van der Waals surface area contributed by atoms with E-state index in [0.717, 1.165) is 6.42 Å². The fraction of sp³-hybridized carbons (Fsp3) is 1.00. The van der Waals surface area contributed by atoms with Crippen molar-refractivity contribution in [2.75, 3.05) is 19.8 Å². The molecule has 0 aliphatic heterocycles. The van der Waals surface area contributed by atoms with Gasteiger partial charge in [-0.25, -0.2) is 0 Å². The summed E-state index contributed by atoms with van der Waals surface area (Å²) in [6, 6.07) is 0. The number of rotatable bonds is 6. The Morgan fingerprint density at radius 1 is 1.60 bits per heavy atom. The van der Waals surface area contributed by atoms with Crippen LogP contribution >= 0.6 is 0 Å². The van der Waals surface area contributed by atoms with E-state index in [1.54, 1.807) is 0 Å². The van der Waals surface area contributed by atoms with Crippen LogP contribution < -0.4 is 5.73 Å². The van der Waals surface area contributed by atoms with Crippen LogP contribution in [-0.2, 0) is 4.74 Å². The van der Waals surface area contributed by atoms with Crippen LogP contribution in [0.15, 0.2) is 0 Å². The fourth-order valence-corrected chi connectivity index (χ4v) is 0.633. The summed E-state index contributed by atoms with van der Waals surface area (Å²) < 4.78 is 5.28. The molecule has 10 heavy (non-hydrogen) atoms. The predicted molar refractivity (Wildman–Crippen MR) is 40.8 cm³/mol. The van der Waals surface area contributed by atoms with Crippen molar-refractivity contribution in [2.45, 2.75) is 25.9 Å². The summed E-state index contributed by atoms with van der Waals surface area (Å²) >= 11 is 0. The van der Waals surface area contributed by atoms with Crippen molar-refractivity contribution in [3.8, 4) is 0 Å². The van der Waals surface area contributed by atoms with E-state index in [2.05, 4.69) is 0 Å². The maximum Gasteiger partial charge on any atom is 0.0568 e. The van der Waals surface area contributed by atoms with Crippen LogP contribution in [-0.4, -0.2) is 31.0 Å². The van der Waals surface area contributed by atoms with E-state index in [-0.39, 0.29) is 12.7 Å². The quantitative estimate of drug-likeness (QED) is 0.525. The molecule has 0 rings (SSSR count). The van der Waals surface area contributed by atoms with Crippen molar-refractivity contribution < 1.29 is 9.84 Å². The molecule has 0 heterocycles. The number of hydrogen-bond acceptors (Lipinski definition) is 3. The fourth-order valence-electron chi connectivity index (χ4n) is 0.633. The normalized spacial score (nSPS) is 13.5. The van der Waals surface area contributed by atoms with Gasteiger partial charge >= 0.3 is 0 Å². The molecule has 0 aliphatic rings. The van der Waals surface area contributed by atoms with Crippen LogP contribution in [0, 0.1) is 0 Å². The summed E-state index contributed by atoms with van der Waals surface area (Å²) in [5.41, 5.74) is 5.26. The molecule has 0 aromatic rings. The number of ether oxygens (including phenoxy) is 1. The Bertz CT molecular complexity index is 68.6. The lowest BCUT2D eigenvalue weighted by atomic mass is 10.3. The second-order valence-corrected chi connectivity index (χ2v) is 2.34. The molecule has 0 radical (unpaired) electrons. The van der Waals surface area contributed by atoms with Gasteiger partial charge in [0.15, 0.2) is 0 Å². The van der Waals surface area contributed by atoms with Gasteiger partial charge in [-0.2, -0.15) is 0 Å². The highest BCUT2D eigenvalue weighted by Crippen LogP contribution is 1.95. The van der Waals surface area contributed by atoms with E-state index in [1.807, 2.05) is 6.92 Å². The van der Waals surface area contributed by atoms with E-state index < -0.39 is 0 Å². The average Bonchev–Trinajstić information content (AvgIpc) is 1.89. The lowest BCUT2D eigenvalue weighted by molar-refractivity contribution is 0.0475. The Morgan fingerprint density at radius 2 is 2.30 bits per heavy atom. The topological polar surface area (TPSA) is 55.5 Å². The maximum atomic E-state index is 8.49. The predicted octanol–water partition coefficient (Wildman–Crippen LogP) is 0.123. The third kappa shape index (κ3) is 6.01. The minimum absolute atomic E-state index is 0.163. The van der Waals surface area contributed by atoms with Crippen molar-refractivity contribution in [3.63, 3.8) is 0 Å². The van der Waals surface area contributed by atoms with Crippen LogP contribution in [0.2, 0.25) is 0 Å². The lowest BCUT2D eigenvalue weighted by Crippen LogP contribution is -2.13. The lowest BCUT2D eigenvalue weighted by Gasteiger charge is -2.09. The highest BCUT2D eigenvalue weighted by molar-refractivity contribution is 4.48. The van der Waals surface area contributed by atoms with Crippen molar-refractivity contribution in [3.05, 3.63) is 0 Å². The van der Waals surface area contributed by atoms with Gasteiger partial charge in [-0.3, -0.25) is 0 Å². The molecular weight excluding hydrogens is 130 g/mol. The van der Waals surface area contributed by atoms with Crippen molar-refractivity contribution >= 4 is 0 Å². The Morgan fingerprint density at radius 3 is 2.80 bits per heavy atom. The van der Waals surface area contributed by atoms with E-state index in [1.165, 1.54) is 0 Å². The van der Waals surface area contributed by atoms with Crippen molar-refractivity contribution in [2.24, 2.45) is 5.73 Å². The van der Waals surface area contributed by atoms with Crippen molar-refractivity contribution in [1.29, 1.82) is 0 Å². The zero-order valence-corrected chi connectivity index (χ0v) is 6.55.